The average Bonchev–Trinajstić information content (AvgIpc) is 2.67. The highest BCUT2D eigenvalue weighted by Gasteiger charge is 2.06. The maximum atomic E-state index is 4.19. The third-order valence-electron chi connectivity index (χ3n) is 2.29. The fourth-order valence-electron chi connectivity index (χ4n) is 1.45. The average molecular weight is 218 g/mol. The number of aryl methyl sites for hydroxylation is 1. The molecule has 16 heavy (non-hydrogen) atoms. The molecule has 0 aliphatic rings. The molecule has 2 N–H and O–H groups in total. The van der Waals surface area contributed by atoms with Crippen molar-refractivity contribution < 1.29 is 0 Å². The second-order valence-electron chi connectivity index (χ2n) is 3.47. The second-order valence-corrected chi connectivity index (χ2v) is 3.47. The number of nitrogens with zero attached hydrogens (tertiary/aromatic N) is 4. The molecule has 6 heteroatoms. The summed E-state index contributed by atoms with van der Waals surface area (Å²) in [5, 5.41) is 10.3. The Morgan fingerprint density at radius 3 is 2.62 bits per heavy atom. The molecule has 0 amide bonds. The van der Waals surface area contributed by atoms with Crippen molar-refractivity contribution >= 4 is 17.3 Å². The highest BCUT2D eigenvalue weighted by atomic mass is 15.3. The summed E-state index contributed by atoms with van der Waals surface area (Å²) in [5.41, 5.74) is 1.89. The molecule has 0 bridgehead atoms. The minimum Gasteiger partial charge on any atom is -0.373 e. The molecule has 0 aliphatic carbocycles. The van der Waals surface area contributed by atoms with Crippen LogP contribution < -0.4 is 10.6 Å². The minimum atomic E-state index is 0.785. The Labute approximate surface area is 93.7 Å². The highest BCUT2D eigenvalue weighted by molar-refractivity contribution is 5.63. The smallest absolute Gasteiger partial charge is 0.138 e. The van der Waals surface area contributed by atoms with Gasteiger partial charge >= 0.3 is 0 Å². The molecule has 2 aromatic rings. The summed E-state index contributed by atoms with van der Waals surface area (Å²) in [7, 11) is 3.71. The van der Waals surface area contributed by atoms with E-state index in [-0.39, 0.29) is 0 Å². The number of hydrogen-bond acceptors (Lipinski definition) is 5. The molecular weight excluding hydrogens is 204 g/mol. The monoisotopic (exact) mass is 218 g/mol. The summed E-state index contributed by atoms with van der Waals surface area (Å²) in [6.45, 7) is 1.96. The van der Waals surface area contributed by atoms with Gasteiger partial charge in [0.15, 0.2) is 0 Å². The van der Waals surface area contributed by atoms with E-state index in [0.717, 1.165) is 22.9 Å². The van der Waals surface area contributed by atoms with Crippen molar-refractivity contribution in [3.63, 3.8) is 0 Å². The van der Waals surface area contributed by atoms with Crippen LogP contribution in [0.25, 0.3) is 0 Å². The van der Waals surface area contributed by atoms with Gasteiger partial charge in [-0.2, -0.15) is 5.10 Å². The standard InChI is InChI=1S/C10H14N6/c1-7-9(11-2)12-6-13-10(7)15-8-4-14-16(3)5-8/h4-6H,1-3H3,(H2,11,12,13,15). The molecule has 0 aliphatic heterocycles. The van der Waals surface area contributed by atoms with Gasteiger partial charge in [-0.1, -0.05) is 0 Å². The number of aromatic nitrogens is 4. The van der Waals surface area contributed by atoms with Crippen molar-refractivity contribution in [2.75, 3.05) is 17.7 Å². The fourth-order valence-corrected chi connectivity index (χ4v) is 1.45. The van der Waals surface area contributed by atoms with Gasteiger partial charge < -0.3 is 10.6 Å². The number of hydrogen-bond donors (Lipinski definition) is 2. The highest BCUT2D eigenvalue weighted by Crippen LogP contribution is 2.21. The Balaban J connectivity index is 2.28. The van der Waals surface area contributed by atoms with E-state index < -0.39 is 0 Å². The zero-order valence-corrected chi connectivity index (χ0v) is 9.52. The maximum absolute atomic E-state index is 4.19. The lowest BCUT2D eigenvalue weighted by molar-refractivity contribution is 0.768. The predicted molar refractivity (Wildman–Crippen MR) is 62.8 cm³/mol. The van der Waals surface area contributed by atoms with E-state index in [0.29, 0.717) is 0 Å². The minimum absolute atomic E-state index is 0.785. The van der Waals surface area contributed by atoms with Crippen LogP contribution in [-0.2, 0) is 7.05 Å². The van der Waals surface area contributed by atoms with Gasteiger partial charge in [-0.25, -0.2) is 9.97 Å². The van der Waals surface area contributed by atoms with E-state index in [1.54, 1.807) is 10.9 Å². The number of rotatable bonds is 3. The van der Waals surface area contributed by atoms with Gasteiger partial charge in [0, 0.05) is 25.9 Å². The first-order valence-corrected chi connectivity index (χ1v) is 4.95. The summed E-state index contributed by atoms with van der Waals surface area (Å²) in [6, 6.07) is 0. The normalized spacial score (nSPS) is 10.2. The molecule has 0 saturated heterocycles. The SMILES string of the molecule is CNc1ncnc(Nc2cnn(C)c2)c1C. The molecule has 0 unspecified atom stereocenters. The summed E-state index contributed by atoms with van der Waals surface area (Å²) in [4.78, 5) is 8.31. The Hall–Kier alpha value is -2.11. The molecule has 84 valence electrons. The number of nitrogens with one attached hydrogen (secondary N) is 2. The molecular formula is C10H14N6. The molecule has 6 nitrogen and oxygen atoms in total. The maximum Gasteiger partial charge on any atom is 0.138 e. The van der Waals surface area contributed by atoms with Crippen LogP contribution >= 0.6 is 0 Å². The first-order valence-electron chi connectivity index (χ1n) is 4.95. The molecule has 0 spiro atoms. The van der Waals surface area contributed by atoms with Crippen LogP contribution in [0.2, 0.25) is 0 Å². The van der Waals surface area contributed by atoms with E-state index in [4.69, 9.17) is 0 Å². The largest absolute Gasteiger partial charge is 0.373 e. The summed E-state index contributed by atoms with van der Waals surface area (Å²) in [5.74, 6) is 1.61. The molecule has 0 aromatic carbocycles. The molecule has 0 atom stereocenters. The van der Waals surface area contributed by atoms with Crippen LogP contribution in [0.3, 0.4) is 0 Å². The first-order chi connectivity index (χ1) is 7.70. The van der Waals surface area contributed by atoms with Crippen LogP contribution in [0.4, 0.5) is 17.3 Å². The lowest BCUT2D eigenvalue weighted by atomic mass is 10.3. The molecule has 0 fully saturated rings. The van der Waals surface area contributed by atoms with Crippen molar-refractivity contribution in [1.29, 1.82) is 0 Å². The molecule has 0 saturated carbocycles. The van der Waals surface area contributed by atoms with E-state index in [2.05, 4.69) is 25.7 Å². The predicted octanol–water partition coefficient (Wildman–Crippen LogP) is 1.30. The summed E-state index contributed by atoms with van der Waals surface area (Å²) in [6.07, 6.45) is 5.17. The number of anilines is 3. The van der Waals surface area contributed by atoms with Gasteiger partial charge in [0.05, 0.1) is 11.9 Å². The van der Waals surface area contributed by atoms with Gasteiger partial charge in [0.25, 0.3) is 0 Å². The van der Waals surface area contributed by atoms with Gasteiger partial charge in [-0.3, -0.25) is 4.68 Å². The Kier molecular flexibility index (Phi) is 2.72. The first kappa shape index (κ1) is 10.4. The Morgan fingerprint density at radius 1 is 1.25 bits per heavy atom. The lowest BCUT2D eigenvalue weighted by Crippen LogP contribution is -2.02. The Morgan fingerprint density at radius 2 is 2.00 bits per heavy atom. The van der Waals surface area contributed by atoms with E-state index in [1.807, 2.05) is 27.2 Å². The zero-order chi connectivity index (χ0) is 11.5. The molecule has 2 heterocycles. The van der Waals surface area contributed by atoms with Crippen LogP contribution in [-0.4, -0.2) is 26.8 Å². The summed E-state index contributed by atoms with van der Waals surface area (Å²) >= 11 is 0. The second kappa shape index (κ2) is 4.18. The van der Waals surface area contributed by atoms with Crippen LogP contribution in [0.5, 0.6) is 0 Å². The van der Waals surface area contributed by atoms with Crippen molar-refractivity contribution in [2.24, 2.45) is 7.05 Å². The fraction of sp³-hybridized carbons (Fsp3) is 0.300. The van der Waals surface area contributed by atoms with E-state index in [1.165, 1.54) is 6.33 Å². The van der Waals surface area contributed by atoms with Crippen LogP contribution in [0, 0.1) is 6.92 Å². The molecule has 2 aromatic heterocycles. The van der Waals surface area contributed by atoms with Gasteiger partial charge in [0.1, 0.15) is 18.0 Å². The van der Waals surface area contributed by atoms with Gasteiger partial charge in [-0.15, -0.1) is 0 Å². The molecule has 0 radical (unpaired) electrons. The molecule has 2 rings (SSSR count). The van der Waals surface area contributed by atoms with Crippen molar-refractivity contribution in [3.05, 3.63) is 24.3 Å². The zero-order valence-electron chi connectivity index (χ0n) is 9.52. The van der Waals surface area contributed by atoms with Crippen molar-refractivity contribution in [1.82, 2.24) is 19.7 Å². The van der Waals surface area contributed by atoms with Crippen molar-refractivity contribution in [2.45, 2.75) is 6.92 Å². The Bertz CT molecular complexity index is 490. The quantitative estimate of drug-likeness (QED) is 0.812. The van der Waals surface area contributed by atoms with Crippen LogP contribution in [0.15, 0.2) is 18.7 Å². The summed E-state index contributed by atoms with van der Waals surface area (Å²) < 4.78 is 1.73. The van der Waals surface area contributed by atoms with E-state index in [9.17, 15) is 0 Å². The lowest BCUT2D eigenvalue weighted by Gasteiger charge is -2.09. The van der Waals surface area contributed by atoms with Crippen LogP contribution in [0.1, 0.15) is 5.56 Å². The van der Waals surface area contributed by atoms with Gasteiger partial charge in [0.2, 0.25) is 0 Å². The third kappa shape index (κ3) is 1.95. The van der Waals surface area contributed by atoms with Gasteiger partial charge in [-0.05, 0) is 6.92 Å². The van der Waals surface area contributed by atoms with Crippen molar-refractivity contribution in [3.8, 4) is 0 Å². The topological polar surface area (TPSA) is 67.7 Å². The van der Waals surface area contributed by atoms with E-state index >= 15 is 0 Å². The third-order valence-corrected chi connectivity index (χ3v) is 2.29.